The van der Waals surface area contributed by atoms with Gasteiger partial charge in [0.25, 0.3) is 0 Å². The number of carbonyl (C=O) groups is 3. The average Bonchev–Trinajstić information content (AvgIpc) is 3.22. The van der Waals surface area contributed by atoms with Crippen molar-refractivity contribution in [3.63, 3.8) is 0 Å². The minimum atomic E-state index is -0.292. The van der Waals surface area contributed by atoms with Crippen molar-refractivity contribution in [2.45, 2.75) is 31.6 Å². The third-order valence-electron chi connectivity index (χ3n) is 5.55. The Bertz CT molecular complexity index is 994. The molecule has 9 heteroatoms. The van der Waals surface area contributed by atoms with E-state index in [2.05, 4.69) is 5.10 Å². The Morgan fingerprint density at radius 2 is 1.79 bits per heavy atom. The Kier molecular flexibility index (Phi) is 5.04. The average molecular weight is 397 g/mol. The molecule has 0 spiro atoms. The number of para-hydroxylation sites is 1. The molecule has 1 aromatic heterocycles. The zero-order valence-corrected chi connectivity index (χ0v) is 16.3. The van der Waals surface area contributed by atoms with Crippen molar-refractivity contribution >= 4 is 17.7 Å². The molecule has 2 aliphatic heterocycles. The number of nitrogens with zero attached hydrogens (tertiary/aromatic N) is 5. The van der Waals surface area contributed by atoms with E-state index in [1.54, 1.807) is 16.5 Å². The maximum atomic E-state index is 12.7. The molecule has 0 aliphatic carbocycles. The number of piperidine rings is 1. The molecule has 0 radical (unpaired) electrons. The van der Waals surface area contributed by atoms with Crippen LogP contribution in [0.5, 0.6) is 0 Å². The van der Waals surface area contributed by atoms with Gasteiger partial charge in [0.15, 0.2) is 0 Å². The lowest BCUT2D eigenvalue weighted by atomic mass is 9.97. The van der Waals surface area contributed by atoms with E-state index in [-0.39, 0.29) is 48.7 Å². The predicted molar refractivity (Wildman–Crippen MR) is 103 cm³/mol. The largest absolute Gasteiger partial charge is 0.350 e. The van der Waals surface area contributed by atoms with Crippen molar-refractivity contribution in [1.82, 2.24) is 24.1 Å². The maximum Gasteiger partial charge on any atom is 0.350 e. The number of likely N-dealkylation sites (tertiary alicyclic amines) is 2. The van der Waals surface area contributed by atoms with Crippen molar-refractivity contribution in [2.75, 3.05) is 19.6 Å². The number of hydrogen-bond acceptors (Lipinski definition) is 5. The van der Waals surface area contributed by atoms with Crippen molar-refractivity contribution < 1.29 is 14.4 Å². The molecular weight excluding hydrogens is 374 g/mol. The monoisotopic (exact) mass is 397 g/mol. The number of amides is 3. The normalized spacial score (nSPS) is 19.8. The Morgan fingerprint density at radius 1 is 1.10 bits per heavy atom. The van der Waals surface area contributed by atoms with E-state index >= 15 is 0 Å². The second-order valence-electron chi connectivity index (χ2n) is 7.49. The summed E-state index contributed by atoms with van der Waals surface area (Å²) in [5, 5.41) is 4.44. The zero-order chi connectivity index (χ0) is 20.5. The second kappa shape index (κ2) is 7.65. The molecule has 0 unspecified atom stereocenters. The first-order valence-electron chi connectivity index (χ1n) is 9.78. The van der Waals surface area contributed by atoms with Crippen LogP contribution in [0.2, 0.25) is 0 Å². The molecule has 4 rings (SSSR count). The molecule has 1 aromatic carbocycles. The van der Waals surface area contributed by atoms with E-state index in [9.17, 15) is 19.2 Å². The molecule has 29 heavy (non-hydrogen) atoms. The third-order valence-corrected chi connectivity index (χ3v) is 5.55. The summed E-state index contributed by atoms with van der Waals surface area (Å²) in [6.07, 6.45) is 1.91. The van der Waals surface area contributed by atoms with Crippen LogP contribution in [0, 0.1) is 0 Å². The van der Waals surface area contributed by atoms with Gasteiger partial charge >= 0.3 is 5.69 Å². The maximum absolute atomic E-state index is 12.7. The highest BCUT2D eigenvalue weighted by molar-refractivity contribution is 6.04. The van der Waals surface area contributed by atoms with Crippen molar-refractivity contribution in [1.29, 1.82) is 0 Å². The molecule has 1 atom stereocenters. The molecule has 2 aromatic rings. The van der Waals surface area contributed by atoms with Gasteiger partial charge in [0.2, 0.25) is 17.7 Å². The van der Waals surface area contributed by atoms with Gasteiger partial charge in [0, 0.05) is 38.9 Å². The van der Waals surface area contributed by atoms with Gasteiger partial charge in [-0.15, -0.1) is 0 Å². The number of aromatic nitrogens is 3. The topological polar surface area (TPSA) is 97.5 Å². The summed E-state index contributed by atoms with van der Waals surface area (Å²) < 4.78 is 2.90. The van der Waals surface area contributed by atoms with Gasteiger partial charge in [-0.3, -0.25) is 19.3 Å². The van der Waals surface area contributed by atoms with E-state index in [0.717, 1.165) is 23.4 Å². The van der Waals surface area contributed by atoms with Crippen LogP contribution in [0.1, 0.15) is 37.4 Å². The van der Waals surface area contributed by atoms with Crippen LogP contribution in [0.3, 0.4) is 0 Å². The molecule has 152 valence electrons. The zero-order valence-electron chi connectivity index (χ0n) is 16.3. The summed E-state index contributed by atoms with van der Waals surface area (Å²) in [5.74, 6) is -0.316. The lowest BCUT2D eigenvalue weighted by molar-refractivity contribution is -0.146. The number of benzene rings is 1. The number of carbonyl (C=O) groups excluding carboxylic acids is 3. The number of imide groups is 1. The van der Waals surface area contributed by atoms with Gasteiger partial charge in [0.05, 0.1) is 5.69 Å². The summed E-state index contributed by atoms with van der Waals surface area (Å²) >= 11 is 0. The van der Waals surface area contributed by atoms with Crippen molar-refractivity contribution in [2.24, 2.45) is 7.05 Å². The van der Waals surface area contributed by atoms with Crippen LogP contribution in [0.4, 0.5) is 0 Å². The first-order chi connectivity index (χ1) is 14.0. The van der Waals surface area contributed by atoms with Crippen LogP contribution < -0.4 is 5.69 Å². The highest BCUT2D eigenvalue weighted by Gasteiger charge is 2.34. The lowest BCUT2D eigenvalue weighted by Crippen LogP contribution is -2.46. The molecule has 9 nitrogen and oxygen atoms in total. The van der Waals surface area contributed by atoms with Gasteiger partial charge in [-0.05, 0) is 25.0 Å². The fourth-order valence-electron chi connectivity index (χ4n) is 4.02. The van der Waals surface area contributed by atoms with Crippen LogP contribution in [0.15, 0.2) is 35.1 Å². The van der Waals surface area contributed by atoms with E-state index < -0.39 is 0 Å². The molecule has 0 saturated carbocycles. The first-order valence-corrected chi connectivity index (χ1v) is 9.78. The Morgan fingerprint density at radius 3 is 2.48 bits per heavy atom. The first kappa shape index (κ1) is 19.1. The van der Waals surface area contributed by atoms with E-state index in [1.165, 1.54) is 4.68 Å². The minimum Gasteiger partial charge on any atom is -0.340 e. The van der Waals surface area contributed by atoms with Crippen molar-refractivity contribution in [3.05, 3.63) is 46.6 Å². The Labute approximate surface area is 167 Å². The van der Waals surface area contributed by atoms with Crippen LogP contribution in [-0.4, -0.2) is 61.5 Å². The third kappa shape index (κ3) is 3.59. The highest BCUT2D eigenvalue weighted by atomic mass is 16.2. The fraction of sp³-hybridized carbons (Fsp3) is 0.450. The minimum absolute atomic E-state index is 0.105. The molecule has 2 saturated heterocycles. The van der Waals surface area contributed by atoms with Gasteiger partial charge in [-0.2, -0.15) is 5.10 Å². The Hall–Kier alpha value is -3.23. The summed E-state index contributed by atoms with van der Waals surface area (Å²) in [7, 11) is 1.61. The number of hydrogen-bond donors (Lipinski definition) is 0. The molecule has 0 bridgehead atoms. The van der Waals surface area contributed by atoms with Gasteiger partial charge in [0.1, 0.15) is 12.4 Å². The van der Waals surface area contributed by atoms with Crippen molar-refractivity contribution in [3.8, 4) is 5.69 Å². The molecule has 2 fully saturated rings. The van der Waals surface area contributed by atoms with E-state index in [0.29, 0.717) is 18.9 Å². The smallest absolute Gasteiger partial charge is 0.340 e. The van der Waals surface area contributed by atoms with Crippen LogP contribution >= 0.6 is 0 Å². The SMILES string of the molecule is Cn1nc([C@@H]2CCCN(C(=O)CN3C(=O)CCC3=O)C2)n(-c2ccccc2)c1=O. The van der Waals surface area contributed by atoms with Gasteiger partial charge in [-0.25, -0.2) is 14.0 Å². The van der Waals surface area contributed by atoms with Gasteiger partial charge in [-0.1, -0.05) is 18.2 Å². The highest BCUT2D eigenvalue weighted by Crippen LogP contribution is 2.27. The lowest BCUT2D eigenvalue weighted by Gasteiger charge is -2.33. The molecule has 0 N–H and O–H groups in total. The van der Waals surface area contributed by atoms with E-state index in [4.69, 9.17) is 0 Å². The van der Waals surface area contributed by atoms with E-state index in [1.807, 2.05) is 30.3 Å². The molecule has 3 heterocycles. The summed E-state index contributed by atoms with van der Waals surface area (Å²) in [4.78, 5) is 51.7. The Balaban J connectivity index is 1.56. The number of rotatable bonds is 4. The summed E-state index contributed by atoms with van der Waals surface area (Å²) in [5.41, 5.74) is 0.500. The van der Waals surface area contributed by atoms with Gasteiger partial charge < -0.3 is 4.90 Å². The number of aryl methyl sites for hydroxylation is 1. The van der Waals surface area contributed by atoms with Crippen LogP contribution in [-0.2, 0) is 21.4 Å². The predicted octanol–water partition coefficient (Wildman–Crippen LogP) is 0.426. The molecule has 2 aliphatic rings. The summed E-state index contributed by atoms with van der Waals surface area (Å²) in [6.45, 7) is 0.754. The fourth-order valence-corrected chi connectivity index (χ4v) is 4.02. The quantitative estimate of drug-likeness (QED) is 0.697. The summed E-state index contributed by atoms with van der Waals surface area (Å²) in [6, 6.07) is 9.30. The molecular formula is C20H23N5O4. The standard InChI is InChI=1S/C20H23N5O4/c1-22-20(29)25(15-7-3-2-4-8-15)19(21-22)14-6-5-11-23(12-14)18(28)13-24-16(26)9-10-17(24)27/h2-4,7-8,14H,5-6,9-13H2,1H3/t14-/m1/s1. The molecule has 3 amide bonds. The second-order valence-corrected chi connectivity index (χ2v) is 7.49. The van der Waals surface area contributed by atoms with Crippen LogP contribution in [0.25, 0.3) is 5.69 Å².